The Morgan fingerprint density at radius 1 is 0.926 bits per heavy atom. The van der Waals surface area contributed by atoms with E-state index >= 15 is 0 Å². The third-order valence-electron chi connectivity index (χ3n) is 12.2. The molecule has 0 aromatic heterocycles. The zero-order chi connectivity index (χ0) is 39.7. The summed E-state index contributed by atoms with van der Waals surface area (Å²) in [5, 5.41) is 58.1. The van der Waals surface area contributed by atoms with Crippen LogP contribution in [0, 0.1) is 17.8 Å². The van der Waals surface area contributed by atoms with E-state index in [4.69, 9.17) is 28.4 Å². The highest BCUT2D eigenvalue weighted by atomic mass is 16.7. The molecule has 3 rings (SSSR count). The topological polar surface area (TPSA) is 243 Å². The Hall–Kier alpha value is -1.09. The summed E-state index contributed by atoms with van der Waals surface area (Å²) in [5.74, 6) is -2.58. The molecule has 0 saturated carbocycles. The average Bonchev–Trinajstić information content (AvgIpc) is 3.05. The van der Waals surface area contributed by atoms with Gasteiger partial charge < -0.3 is 74.7 Å². The summed E-state index contributed by atoms with van der Waals surface area (Å²) in [5.41, 5.74) is -4.37. The van der Waals surface area contributed by atoms with Crippen molar-refractivity contribution in [2.75, 3.05) is 34.8 Å². The zero-order valence-corrected chi connectivity index (χ0v) is 35.2. The predicted octanol–water partition coefficient (Wildman–Crippen LogP) is 0.251. The number of ether oxygens (including phenoxy) is 6. The molecule has 18 atom stereocenters. The number of hydrogen-bond acceptors (Lipinski definition) is 14. The number of nitrogens with zero attached hydrogens (tertiary/aromatic N) is 2. The highest BCUT2D eigenvalue weighted by molar-refractivity contribution is 5.73. The molecule has 0 radical (unpaired) electrons. The van der Waals surface area contributed by atoms with Gasteiger partial charge in [-0.1, -0.05) is 20.8 Å². The van der Waals surface area contributed by atoms with Gasteiger partial charge in [-0.05, 0) is 94.8 Å². The van der Waals surface area contributed by atoms with Crippen molar-refractivity contribution < 1.29 is 69.7 Å². The first kappa shape index (κ1) is 50.9. The first-order valence-corrected chi connectivity index (χ1v) is 19.1. The summed E-state index contributed by atoms with van der Waals surface area (Å²) in [4.78, 5) is 18.0. The molecular weight excluding hydrogens is 708 g/mol. The summed E-state index contributed by atoms with van der Waals surface area (Å²) >= 11 is 0. The molecule has 0 aromatic carbocycles. The number of rotatable bonds is 7. The number of methoxy groups -OCH3 is 1. The molecule has 0 amide bonds. The van der Waals surface area contributed by atoms with Crippen LogP contribution < -0.4 is 0 Å². The Bertz CT molecular complexity index is 1150. The van der Waals surface area contributed by atoms with Crippen molar-refractivity contribution in [3.05, 3.63) is 0 Å². The van der Waals surface area contributed by atoms with Gasteiger partial charge >= 0.3 is 5.97 Å². The van der Waals surface area contributed by atoms with E-state index in [9.17, 15) is 30.3 Å². The van der Waals surface area contributed by atoms with E-state index in [1.54, 1.807) is 41.5 Å². The number of hydrogen-bond donors (Lipinski definition) is 5. The van der Waals surface area contributed by atoms with Gasteiger partial charge in [-0.25, -0.2) is 0 Å². The molecule has 0 spiro atoms. The number of aliphatic hydroxyl groups excluding tert-OH is 3. The molecule has 0 aliphatic carbocycles. The third kappa shape index (κ3) is 11.3. The van der Waals surface area contributed by atoms with Gasteiger partial charge in [0, 0.05) is 38.1 Å². The molecule has 0 bridgehead atoms. The average molecular weight is 785 g/mol. The van der Waals surface area contributed by atoms with Crippen LogP contribution in [0.4, 0.5) is 0 Å². The number of carbonyl (C=O) groups excluding carboxylic acids is 1. The molecule has 16 nitrogen and oxygen atoms in total. The Morgan fingerprint density at radius 3 is 2.06 bits per heavy atom. The van der Waals surface area contributed by atoms with E-state index in [2.05, 4.69) is 0 Å². The van der Waals surface area contributed by atoms with Gasteiger partial charge in [0.25, 0.3) is 0 Å². The molecule has 9 N–H and O–H groups in total. The molecule has 3 heterocycles. The lowest BCUT2D eigenvalue weighted by molar-refractivity contribution is -0.318. The monoisotopic (exact) mass is 785 g/mol. The fourth-order valence-corrected chi connectivity index (χ4v) is 8.74. The largest absolute Gasteiger partial charge is 0.459 e. The number of carbonyl (C=O) groups is 1. The quantitative estimate of drug-likeness (QED) is 0.218. The third-order valence-corrected chi connectivity index (χ3v) is 12.2. The van der Waals surface area contributed by atoms with Crippen LogP contribution in [0.1, 0.15) is 94.9 Å². The summed E-state index contributed by atoms with van der Waals surface area (Å²) in [6.07, 6.45) is -8.19. The Kier molecular flexibility index (Phi) is 18.9. The molecule has 3 aliphatic heterocycles. The minimum atomic E-state index is -1.80. The predicted molar refractivity (Wildman–Crippen MR) is 201 cm³/mol. The van der Waals surface area contributed by atoms with Crippen LogP contribution in [-0.4, -0.2) is 177 Å². The smallest absolute Gasteiger partial charge is 0.311 e. The Labute approximate surface area is 323 Å². The molecule has 3 aliphatic rings. The Morgan fingerprint density at radius 2 is 1.52 bits per heavy atom. The molecule has 54 heavy (non-hydrogen) atoms. The van der Waals surface area contributed by atoms with Crippen LogP contribution in [0.3, 0.4) is 0 Å². The lowest BCUT2D eigenvalue weighted by Gasteiger charge is -2.48. The van der Waals surface area contributed by atoms with Crippen LogP contribution in [-0.2, 0) is 33.2 Å². The molecule has 322 valence electrons. The second kappa shape index (κ2) is 20.1. The fraction of sp³-hybridized carbons (Fsp3) is 0.974. The van der Waals surface area contributed by atoms with E-state index in [1.165, 1.54) is 14.0 Å². The van der Waals surface area contributed by atoms with Crippen LogP contribution >= 0.6 is 0 Å². The van der Waals surface area contributed by atoms with Crippen LogP contribution in [0.5, 0.6) is 0 Å². The number of cyclic esters (lactones) is 1. The van der Waals surface area contributed by atoms with Gasteiger partial charge in [-0.3, -0.25) is 4.79 Å². The summed E-state index contributed by atoms with van der Waals surface area (Å²) in [6, 6.07) is -0.808. The van der Waals surface area contributed by atoms with E-state index < -0.39 is 96.0 Å². The molecule has 16 heteroatoms. The van der Waals surface area contributed by atoms with E-state index in [0.717, 1.165) is 0 Å². The lowest BCUT2D eigenvalue weighted by atomic mass is 9.77. The highest BCUT2D eigenvalue weighted by Gasteiger charge is 2.52. The van der Waals surface area contributed by atoms with Crippen molar-refractivity contribution in [2.45, 2.75) is 185 Å². The summed E-state index contributed by atoms with van der Waals surface area (Å²) in [6.45, 7) is 18.0. The lowest BCUT2D eigenvalue weighted by Crippen LogP contribution is -2.60. The number of likely N-dealkylation sites (N-methyl/N-ethyl adjacent to an activating group) is 2. The van der Waals surface area contributed by atoms with Crippen molar-refractivity contribution in [1.29, 1.82) is 0 Å². The summed E-state index contributed by atoms with van der Waals surface area (Å²) < 4.78 is 37.5. The van der Waals surface area contributed by atoms with Gasteiger partial charge in [0.05, 0.1) is 41.5 Å². The molecule has 3 saturated heterocycles. The maximum absolute atomic E-state index is 14.2. The van der Waals surface area contributed by atoms with Gasteiger partial charge in [0.1, 0.15) is 30.0 Å². The minimum Gasteiger partial charge on any atom is -0.459 e. The number of aliphatic hydroxyl groups is 5. The summed E-state index contributed by atoms with van der Waals surface area (Å²) in [7, 11) is 7.12. The second-order valence-corrected chi connectivity index (χ2v) is 17.2. The first-order chi connectivity index (χ1) is 23.9. The van der Waals surface area contributed by atoms with Crippen molar-refractivity contribution in [1.82, 2.24) is 9.80 Å². The van der Waals surface area contributed by atoms with Crippen LogP contribution in [0.15, 0.2) is 0 Å². The van der Waals surface area contributed by atoms with Gasteiger partial charge in [0.2, 0.25) is 0 Å². The standard InChI is InChI=1S/C38H72N2O12.2H2O/c1-15-27-38(10,46)31(42)24(6)40(13)19-20(2)17-36(8,45)33(52-35-29(41)26(39(11)12)16-21(3)48-35)22(4)30(23(5)34(44)50-27)51-28-18-37(9,47-14)32(43)25(7)49-28;;/h20-33,35,41-43,45-46H,15-19H2,1-14H3;2*1H2/t20-,21-,22+,23-,24-,25+,26+,27-,28+,29-,30+,31-,32+,33?,35+,36-,37-,38-;;/m0../s1. The fourth-order valence-electron chi connectivity index (χ4n) is 8.74. The maximum atomic E-state index is 14.2. The van der Waals surface area contributed by atoms with Crippen LogP contribution in [0.2, 0.25) is 0 Å². The second-order valence-electron chi connectivity index (χ2n) is 17.2. The Balaban J connectivity index is 0.00000729. The van der Waals surface area contributed by atoms with Gasteiger partial charge in [-0.2, -0.15) is 0 Å². The SMILES string of the molecule is CC[C@@H]1OC(=O)[C@@H](C)[C@H](O[C@@H]2C[C@](C)(OC)[C@H](O)[C@@H](C)O2)[C@@H](C)C(O[C@H]2O[C@@H](C)C[C@@H](N(C)C)[C@@H]2O)[C@@](C)(O)C[C@H](C)CN(C)[C@@H](C)[C@H](O)[C@@]1(C)O.O.O. The van der Waals surface area contributed by atoms with Crippen molar-refractivity contribution in [3.63, 3.8) is 0 Å². The molecule has 0 aromatic rings. The normalized spacial score (nSPS) is 47.8. The van der Waals surface area contributed by atoms with E-state index in [1.807, 2.05) is 51.7 Å². The zero-order valence-electron chi connectivity index (χ0n) is 35.2. The van der Waals surface area contributed by atoms with Crippen molar-refractivity contribution in [2.24, 2.45) is 17.8 Å². The van der Waals surface area contributed by atoms with Gasteiger partial charge in [0.15, 0.2) is 12.6 Å². The van der Waals surface area contributed by atoms with E-state index in [-0.39, 0.29) is 48.3 Å². The van der Waals surface area contributed by atoms with E-state index in [0.29, 0.717) is 13.0 Å². The molecular formula is C38H76N2O14. The minimum absolute atomic E-state index is 0. The van der Waals surface area contributed by atoms with Crippen molar-refractivity contribution >= 4 is 5.97 Å². The van der Waals surface area contributed by atoms with Crippen molar-refractivity contribution in [3.8, 4) is 0 Å². The maximum Gasteiger partial charge on any atom is 0.311 e. The van der Waals surface area contributed by atoms with Gasteiger partial charge in [-0.15, -0.1) is 0 Å². The number of esters is 1. The molecule has 1 unspecified atom stereocenters. The highest BCUT2D eigenvalue weighted by Crippen LogP contribution is 2.40. The molecule has 3 fully saturated rings. The first-order valence-electron chi connectivity index (χ1n) is 19.1. The van der Waals surface area contributed by atoms with Crippen LogP contribution in [0.25, 0.3) is 0 Å².